The predicted molar refractivity (Wildman–Crippen MR) is 132 cm³/mol. The average molecular weight is 495 g/mol. The maximum absolute atomic E-state index is 12.8. The van der Waals surface area contributed by atoms with Gasteiger partial charge in [0.15, 0.2) is 0 Å². The van der Waals surface area contributed by atoms with Crippen molar-refractivity contribution in [2.75, 3.05) is 11.5 Å². The quantitative estimate of drug-likeness (QED) is 0.272. The van der Waals surface area contributed by atoms with E-state index in [-0.39, 0.29) is 12.1 Å². The first-order chi connectivity index (χ1) is 14.1. The lowest BCUT2D eigenvalue weighted by Gasteiger charge is -2.45. The molecule has 0 aliphatic carbocycles. The van der Waals surface area contributed by atoms with Gasteiger partial charge in [0, 0.05) is 10.0 Å². The van der Waals surface area contributed by atoms with E-state index < -0.39 is 8.32 Å². The van der Waals surface area contributed by atoms with E-state index in [1.165, 1.54) is 0 Å². The highest BCUT2D eigenvalue weighted by Crippen LogP contribution is 2.47. The van der Waals surface area contributed by atoms with Gasteiger partial charge in [-0.25, -0.2) is 4.79 Å². The van der Waals surface area contributed by atoms with E-state index in [1.54, 1.807) is 4.90 Å². The molecule has 166 valence electrons. The molecule has 1 aliphatic heterocycles. The molecule has 0 spiro atoms. The Hall–Kier alpha value is -1.53. The third-order valence-electron chi connectivity index (χ3n) is 6.03. The molecule has 1 amide bonds. The molecule has 0 bridgehead atoms. The van der Waals surface area contributed by atoms with E-state index in [4.69, 9.17) is 9.16 Å². The molecule has 1 aliphatic rings. The Morgan fingerprint density at radius 2 is 1.80 bits per heavy atom. The summed E-state index contributed by atoms with van der Waals surface area (Å²) in [5, 5.41) is 0. The van der Waals surface area contributed by atoms with Crippen molar-refractivity contribution in [3.05, 3.63) is 47.0 Å². The number of carbonyl (C=O) groups excluding carboxylic acids is 1. The van der Waals surface area contributed by atoms with Gasteiger partial charge in [-0.3, -0.25) is 4.90 Å². The number of fused-ring (bicyclic) bond motifs is 1. The summed E-state index contributed by atoms with van der Waals surface area (Å²) in [4.78, 5) is 14.6. The summed E-state index contributed by atoms with van der Waals surface area (Å²) in [6.45, 7) is 19.7. The summed E-state index contributed by atoms with van der Waals surface area (Å²) < 4.78 is 13.4. The molecule has 0 saturated heterocycles. The molecule has 0 saturated carbocycles. The molecule has 1 aromatic rings. The van der Waals surface area contributed by atoms with Gasteiger partial charge in [-0.05, 0) is 54.2 Å². The van der Waals surface area contributed by atoms with Crippen molar-refractivity contribution in [2.24, 2.45) is 0 Å². The Kier molecular flexibility index (Phi) is 8.40. The van der Waals surface area contributed by atoms with Crippen molar-refractivity contribution < 1.29 is 14.0 Å². The van der Waals surface area contributed by atoms with Crippen LogP contribution in [0.15, 0.2) is 41.4 Å². The Morgan fingerprint density at radius 3 is 2.30 bits per heavy atom. The first-order valence-corrected chi connectivity index (χ1v) is 13.8. The average Bonchev–Trinajstić information content (AvgIpc) is 2.65. The van der Waals surface area contributed by atoms with Crippen LogP contribution in [-0.4, -0.2) is 27.1 Å². The molecular weight excluding hydrogens is 458 g/mol. The number of carbonyl (C=O) groups is 1. The smallest absolute Gasteiger partial charge is 0.414 e. The fourth-order valence-corrected chi connectivity index (χ4v) is 10.5. The largest absolute Gasteiger partial charge is 0.542 e. The number of anilines is 1. The number of benzene rings is 1. The highest BCUT2D eigenvalue weighted by molar-refractivity contribution is 9.10. The number of nitrogens with zero attached hydrogens (tertiary/aromatic N) is 1. The number of hydrogen-bond donors (Lipinski definition) is 0. The summed E-state index contributed by atoms with van der Waals surface area (Å²) >= 11 is 3.60. The highest BCUT2D eigenvalue weighted by Gasteiger charge is 2.48. The third kappa shape index (κ3) is 4.69. The second-order valence-electron chi connectivity index (χ2n) is 8.77. The Labute approximate surface area is 191 Å². The van der Waals surface area contributed by atoms with Crippen molar-refractivity contribution in [3.8, 4) is 0 Å². The lowest BCUT2D eigenvalue weighted by molar-refractivity contribution is 0.158. The maximum Gasteiger partial charge on any atom is 0.414 e. The van der Waals surface area contributed by atoms with Crippen LogP contribution in [0.2, 0.25) is 16.6 Å². The monoisotopic (exact) mass is 493 g/mol. The minimum atomic E-state index is -2.16. The van der Waals surface area contributed by atoms with Crippen LogP contribution >= 0.6 is 15.9 Å². The summed E-state index contributed by atoms with van der Waals surface area (Å²) in [5.41, 5.74) is 3.11. The van der Waals surface area contributed by atoms with E-state index in [0.717, 1.165) is 21.5 Å². The lowest BCUT2D eigenvalue weighted by atomic mass is 9.99. The molecule has 4 nitrogen and oxygen atoms in total. The van der Waals surface area contributed by atoms with Gasteiger partial charge in [0.25, 0.3) is 8.32 Å². The summed E-state index contributed by atoms with van der Waals surface area (Å²) in [5.74, 6) is 0.876. The predicted octanol–water partition coefficient (Wildman–Crippen LogP) is 7.90. The lowest BCUT2D eigenvalue weighted by Crippen LogP contribution is -2.48. The van der Waals surface area contributed by atoms with E-state index in [1.807, 2.05) is 31.2 Å². The van der Waals surface area contributed by atoms with Crippen LogP contribution in [0.25, 0.3) is 5.76 Å². The number of ether oxygens (including phenoxy) is 1. The second-order valence-corrected chi connectivity index (χ2v) is 15.1. The molecule has 1 atom stereocenters. The third-order valence-corrected chi connectivity index (χ3v) is 12.5. The van der Waals surface area contributed by atoms with Crippen LogP contribution in [0.4, 0.5) is 10.5 Å². The number of amides is 1. The molecule has 6 heteroatoms. The van der Waals surface area contributed by atoms with E-state index in [2.05, 4.69) is 70.1 Å². The maximum atomic E-state index is 12.8. The molecular formula is C24H36BrNO3Si. The zero-order valence-electron chi connectivity index (χ0n) is 19.4. The van der Waals surface area contributed by atoms with Gasteiger partial charge in [-0.1, -0.05) is 63.5 Å². The van der Waals surface area contributed by atoms with Gasteiger partial charge < -0.3 is 9.16 Å². The molecule has 0 N–H and O–H groups in total. The van der Waals surface area contributed by atoms with Gasteiger partial charge in [-0.15, -0.1) is 6.58 Å². The Bertz CT molecular complexity index is 782. The molecule has 1 heterocycles. The second kappa shape index (κ2) is 10.2. The van der Waals surface area contributed by atoms with E-state index in [9.17, 15) is 4.79 Å². The van der Waals surface area contributed by atoms with Crippen molar-refractivity contribution in [1.29, 1.82) is 0 Å². The fraction of sp³-hybridized carbons (Fsp3) is 0.542. The van der Waals surface area contributed by atoms with Gasteiger partial charge in [0.05, 0.1) is 18.3 Å². The SMILES string of the molecule is C=CCC1C=C(O[Si](C(C)C)(C(C)C)C(C)C)c2cc(Br)ccc2N1C(=O)OCC. The first-order valence-electron chi connectivity index (χ1n) is 10.9. The summed E-state index contributed by atoms with van der Waals surface area (Å²) in [7, 11) is -2.16. The van der Waals surface area contributed by atoms with Crippen LogP contribution in [-0.2, 0) is 9.16 Å². The zero-order chi connectivity index (χ0) is 22.6. The molecule has 2 rings (SSSR count). The summed E-state index contributed by atoms with van der Waals surface area (Å²) in [6.07, 6.45) is 4.21. The Balaban J connectivity index is 2.67. The number of hydrogen-bond acceptors (Lipinski definition) is 3. The molecule has 30 heavy (non-hydrogen) atoms. The number of rotatable bonds is 8. The van der Waals surface area contributed by atoms with Crippen LogP contribution < -0.4 is 4.90 Å². The van der Waals surface area contributed by atoms with Gasteiger partial charge in [0.2, 0.25) is 0 Å². The summed E-state index contributed by atoms with van der Waals surface area (Å²) in [6, 6.07) is 5.77. The van der Waals surface area contributed by atoms with E-state index in [0.29, 0.717) is 29.7 Å². The van der Waals surface area contributed by atoms with Crippen LogP contribution in [0, 0.1) is 0 Å². The van der Waals surface area contributed by atoms with Crippen molar-refractivity contribution >= 4 is 41.8 Å². The van der Waals surface area contributed by atoms with Crippen molar-refractivity contribution in [1.82, 2.24) is 0 Å². The molecule has 0 aromatic heterocycles. The minimum absolute atomic E-state index is 0.191. The minimum Gasteiger partial charge on any atom is -0.542 e. The molecule has 0 radical (unpaired) electrons. The van der Waals surface area contributed by atoms with E-state index >= 15 is 0 Å². The van der Waals surface area contributed by atoms with Crippen molar-refractivity contribution in [2.45, 2.75) is 77.6 Å². The van der Waals surface area contributed by atoms with Gasteiger partial charge >= 0.3 is 6.09 Å². The van der Waals surface area contributed by atoms with Crippen LogP contribution in [0.5, 0.6) is 0 Å². The Morgan fingerprint density at radius 1 is 1.20 bits per heavy atom. The highest BCUT2D eigenvalue weighted by atomic mass is 79.9. The standard InChI is InChI=1S/C24H36BrNO3Si/c1-9-11-20-15-23(29-30(16(3)4,17(5)6)18(7)8)21-14-19(25)12-13-22(21)26(20)24(27)28-10-2/h9,12-18,20H,1,10-11H2,2-8H3. The molecule has 0 fully saturated rings. The molecule has 1 aromatic carbocycles. The topological polar surface area (TPSA) is 38.8 Å². The zero-order valence-corrected chi connectivity index (χ0v) is 22.0. The van der Waals surface area contributed by atoms with Crippen molar-refractivity contribution in [3.63, 3.8) is 0 Å². The van der Waals surface area contributed by atoms with Crippen LogP contribution in [0.3, 0.4) is 0 Å². The van der Waals surface area contributed by atoms with Crippen LogP contribution in [0.1, 0.15) is 60.5 Å². The molecule has 1 unspecified atom stereocenters. The number of halogens is 1. The fourth-order valence-electron chi connectivity index (χ4n) is 4.84. The first kappa shape index (κ1) is 24.7. The van der Waals surface area contributed by atoms with Gasteiger partial charge in [0.1, 0.15) is 5.76 Å². The van der Waals surface area contributed by atoms with Gasteiger partial charge in [-0.2, -0.15) is 0 Å². The normalized spacial score (nSPS) is 16.6.